The first kappa shape index (κ1) is 15.5. The number of nitrogens with zero attached hydrogens (tertiary/aromatic N) is 2. The van der Waals surface area contributed by atoms with Gasteiger partial charge >= 0.3 is 12.0 Å². The molecule has 2 amide bonds. The number of aromatic amines is 1. The first-order valence-corrected chi connectivity index (χ1v) is 6.05. The molecule has 0 unspecified atom stereocenters. The molecule has 0 aliphatic heterocycles. The van der Waals surface area contributed by atoms with Crippen LogP contribution in [-0.2, 0) is 11.2 Å². The van der Waals surface area contributed by atoms with Crippen molar-refractivity contribution < 1.29 is 14.7 Å². The Bertz CT molecular complexity index is 460. The number of carbonyl (C=O) groups is 2. The summed E-state index contributed by atoms with van der Waals surface area (Å²) in [7, 11) is 0. The van der Waals surface area contributed by atoms with E-state index in [1.165, 1.54) is 17.4 Å². The van der Waals surface area contributed by atoms with Gasteiger partial charge in [-0.3, -0.25) is 0 Å². The monoisotopic (exact) mass is 278 g/mol. The Morgan fingerprint density at radius 2 is 2.10 bits per heavy atom. The molecular weight excluding hydrogens is 260 g/mol. The molecule has 7 nitrogen and oxygen atoms in total. The third-order valence-corrected chi connectivity index (χ3v) is 2.56. The maximum Gasteiger partial charge on any atom is 0.326 e. The average Bonchev–Trinajstić information content (AvgIpc) is 2.90. The minimum atomic E-state index is -1.11. The zero-order valence-corrected chi connectivity index (χ0v) is 11.1. The summed E-state index contributed by atoms with van der Waals surface area (Å²) in [5.41, 5.74) is 0.636. The summed E-state index contributed by atoms with van der Waals surface area (Å²) in [4.78, 5) is 31.2. The molecule has 108 valence electrons. The molecule has 0 fully saturated rings. The number of imidazole rings is 1. The van der Waals surface area contributed by atoms with Gasteiger partial charge in [0.25, 0.3) is 0 Å². The molecule has 0 radical (unpaired) electrons. The van der Waals surface area contributed by atoms with Gasteiger partial charge in [-0.15, -0.1) is 13.2 Å². The summed E-state index contributed by atoms with van der Waals surface area (Å²) in [6.07, 6.45) is 6.24. The van der Waals surface area contributed by atoms with Crippen molar-refractivity contribution in [2.24, 2.45) is 0 Å². The summed E-state index contributed by atoms with van der Waals surface area (Å²) in [6, 6.07) is -1.50. The molecule has 20 heavy (non-hydrogen) atoms. The van der Waals surface area contributed by atoms with Crippen molar-refractivity contribution in [2.75, 3.05) is 13.1 Å². The molecule has 3 N–H and O–H groups in total. The van der Waals surface area contributed by atoms with Gasteiger partial charge in [0.15, 0.2) is 0 Å². The third kappa shape index (κ3) is 4.60. The van der Waals surface area contributed by atoms with Crippen molar-refractivity contribution in [2.45, 2.75) is 12.5 Å². The highest BCUT2D eigenvalue weighted by Crippen LogP contribution is 2.01. The smallest absolute Gasteiger partial charge is 0.326 e. The number of urea groups is 1. The fourth-order valence-electron chi connectivity index (χ4n) is 1.61. The van der Waals surface area contributed by atoms with Gasteiger partial charge in [0.1, 0.15) is 6.04 Å². The van der Waals surface area contributed by atoms with Crippen LogP contribution < -0.4 is 5.32 Å². The molecule has 0 spiro atoms. The van der Waals surface area contributed by atoms with Crippen molar-refractivity contribution in [3.05, 3.63) is 43.5 Å². The van der Waals surface area contributed by atoms with Crippen molar-refractivity contribution >= 4 is 12.0 Å². The van der Waals surface area contributed by atoms with Crippen LogP contribution in [0.2, 0.25) is 0 Å². The van der Waals surface area contributed by atoms with Crippen molar-refractivity contribution in [3.8, 4) is 0 Å². The van der Waals surface area contributed by atoms with Crippen LogP contribution >= 0.6 is 0 Å². The van der Waals surface area contributed by atoms with Gasteiger partial charge < -0.3 is 20.3 Å². The van der Waals surface area contributed by atoms with E-state index in [9.17, 15) is 9.59 Å². The lowest BCUT2D eigenvalue weighted by Gasteiger charge is -2.22. The SMILES string of the molecule is C=CCN(CC=C)C(=O)N[C@H](Cc1cnc[nH]1)C(=O)O. The first-order chi connectivity index (χ1) is 9.58. The van der Waals surface area contributed by atoms with Crippen molar-refractivity contribution in [3.63, 3.8) is 0 Å². The summed E-state index contributed by atoms with van der Waals surface area (Å²) in [6.45, 7) is 7.74. The Kier molecular flexibility index (Phi) is 6.02. The number of carboxylic acid groups (broad SMARTS) is 1. The molecule has 0 saturated carbocycles. The number of hydrogen-bond acceptors (Lipinski definition) is 3. The Labute approximate surface area is 117 Å². The van der Waals surface area contributed by atoms with Crippen molar-refractivity contribution in [1.29, 1.82) is 0 Å². The first-order valence-electron chi connectivity index (χ1n) is 6.05. The van der Waals surface area contributed by atoms with Gasteiger partial charge in [0.05, 0.1) is 6.33 Å². The average molecular weight is 278 g/mol. The highest BCUT2D eigenvalue weighted by atomic mass is 16.4. The molecule has 1 aromatic rings. The standard InChI is InChI=1S/C13H18N4O3/c1-3-5-17(6-4-2)13(20)16-11(12(18)19)7-10-8-14-9-15-10/h3-4,8-9,11H,1-2,5-7H2,(H,14,15)(H,16,20)(H,18,19)/t11-/m1/s1. The largest absolute Gasteiger partial charge is 0.480 e. The Hall–Kier alpha value is -2.57. The number of aromatic nitrogens is 2. The van der Waals surface area contributed by atoms with Crippen LogP contribution in [0.15, 0.2) is 37.8 Å². The maximum absolute atomic E-state index is 12.0. The van der Waals surface area contributed by atoms with Crippen LogP contribution in [0.3, 0.4) is 0 Å². The van der Waals surface area contributed by atoms with E-state index < -0.39 is 18.0 Å². The maximum atomic E-state index is 12.0. The van der Waals surface area contributed by atoms with Crippen LogP contribution in [0.1, 0.15) is 5.69 Å². The highest BCUT2D eigenvalue weighted by molar-refractivity contribution is 5.82. The van der Waals surface area contributed by atoms with Gasteiger partial charge in [-0.2, -0.15) is 0 Å². The van der Waals surface area contributed by atoms with E-state index in [-0.39, 0.29) is 6.42 Å². The van der Waals surface area contributed by atoms with Crippen LogP contribution in [0.25, 0.3) is 0 Å². The fraction of sp³-hybridized carbons (Fsp3) is 0.308. The minimum absolute atomic E-state index is 0.136. The van der Waals surface area contributed by atoms with Gasteiger partial charge in [-0.25, -0.2) is 14.6 Å². The summed E-state index contributed by atoms with van der Waals surface area (Å²) >= 11 is 0. The molecule has 0 aliphatic carbocycles. The molecule has 1 heterocycles. The van der Waals surface area contributed by atoms with Gasteiger partial charge in [0.2, 0.25) is 0 Å². The minimum Gasteiger partial charge on any atom is -0.480 e. The second-order valence-corrected chi connectivity index (χ2v) is 4.10. The van der Waals surface area contributed by atoms with Crippen LogP contribution in [0, 0.1) is 0 Å². The second kappa shape index (κ2) is 7.78. The highest BCUT2D eigenvalue weighted by Gasteiger charge is 2.23. The van der Waals surface area contributed by atoms with E-state index in [2.05, 4.69) is 28.4 Å². The van der Waals surface area contributed by atoms with E-state index in [1.807, 2.05) is 0 Å². The van der Waals surface area contributed by atoms with Crippen LogP contribution in [0.4, 0.5) is 4.79 Å². The molecule has 0 aromatic carbocycles. The molecule has 1 rings (SSSR count). The summed E-state index contributed by atoms with van der Waals surface area (Å²) in [5, 5.41) is 11.6. The van der Waals surface area contributed by atoms with Crippen LogP contribution in [-0.4, -0.2) is 51.1 Å². The van der Waals surface area contributed by atoms with E-state index in [1.54, 1.807) is 12.2 Å². The molecule has 0 aliphatic rings. The molecule has 1 atom stereocenters. The van der Waals surface area contributed by atoms with E-state index in [0.717, 1.165) is 0 Å². The Morgan fingerprint density at radius 3 is 2.55 bits per heavy atom. The lowest BCUT2D eigenvalue weighted by atomic mass is 10.1. The number of carbonyl (C=O) groups excluding carboxylic acids is 1. The van der Waals surface area contributed by atoms with Crippen molar-refractivity contribution in [1.82, 2.24) is 20.2 Å². The predicted molar refractivity (Wildman–Crippen MR) is 74.2 cm³/mol. The molecule has 0 saturated heterocycles. The number of rotatable bonds is 8. The van der Waals surface area contributed by atoms with Gasteiger partial charge in [0, 0.05) is 31.4 Å². The number of aliphatic carboxylic acids is 1. The number of amides is 2. The number of nitrogens with one attached hydrogen (secondary N) is 2. The van der Waals surface area contributed by atoms with Gasteiger partial charge in [-0.05, 0) is 0 Å². The van der Waals surface area contributed by atoms with Crippen LogP contribution in [0.5, 0.6) is 0 Å². The predicted octanol–water partition coefficient (Wildman–Crippen LogP) is 0.789. The Balaban J connectivity index is 2.68. The summed E-state index contributed by atoms with van der Waals surface area (Å²) < 4.78 is 0. The van der Waals surface area contributed by atoms with E-state index in [0.29, 0.717) is 18.8 Å². The normalized spacial score (nSPS) is 11.4. The second-order valence-electron chi connectivity index (χ2n) is 4.10. The lowest BCUT2D eigenvalue weighted by Crippen LogP contribution is -2.49. The quantitative estimate of drug-likeness (QED) is 0.612. The topological polar surface area (TPSA) is 98.3 Å². The third-order valence-electron chi connectivity index (χ3n) is 2.56. The van der Waals surface area contributed by atoms with E-state index in [4.69, 9.17) is 5.11 Å². The lowest BCUT2D eigenvalue weighted by molar-refractivity contribution is -0.139. The zero-order chi connectivity index (χ0) is 15.0. The van der Waals surface area contributed by atoms with Gasteiger partial charge in [-0.1, -0.05) is 12.2 Å². The fourth-order valence-corrected chi connectivity index (χ4v) is 1.61. The van der Waals surface area contributed by atoms with E-state index >= 15 is 0 Å². The molecule has 7 heteroatoms. The summed E-state index contributed by atoms with van der Waals surface area (Å²) in [5.74, 6) is -1.11. The molecule has 0 bridgehead atoms. The number of carboxylic acids is 1. The molecular formula is C13H18N4O3. The number of H-pyrrole nitrogens is 1. The number of hydrogen-bond donors (Lipinski definition) is 3. The Morgan fingerprint density at radius 1 is 1.45 bits per heavy atom. The molecule has 1 aromatic heterocycles. The zero-order valence-electron chi connectivity index (χ0n) is 11.1.